The molecule has 1 heterocycles. The molecule has 3 rings (SSSR count). The lowest BCUT2D eigenvalue weighted by molar-refractivity contribution is -0.138. The molecule has 2 aromatic rings. The standard InChI is InChI=1S/C22H20N2O5/c1-28-20(25)14-18(22(27)29-2)24-17-11-7-6-8-15(17)12-13-19(24)23-21(26)16-9-4-3-5-10-16/h3-14,19H,1-2H3,(H,23,26)/b18-14+. The lowest BCUT2D eigenvalue weighted by Gasteiger charge is -2.36. The number of amides is 1. The van der Waals surface area contributed by atoms with Gasteiger partial charge in [0.2, 0.25) is 0 Å². The van der Waals surface area contributed by atoms with Gasteiger partial charge in [0.25, 0.3) is 5.91 Å². The molecule has 0 fully saturated rings. The maximum Gasteiger partial charge on any atom is 0.355 e. The third-order valence-electron chi connectivity index (χ3n) is 4.36. The van der Waals surface area contributed by atoms with Gasteiger partial charge in [-0.05, 0) is 29.8 Å². The lowest BCUT2D eigenvalue weighted by atomic mass is 10.0. The molecule has 0 spiro atoms. The van der Waals surface area contributed by atoms with Gasteiger partial charge in [-0.2, -0.15) is 0 Å². The monoisotopic (exact) mass is 392 g/mol. The fraction of sp³-hybridized carbons (Fsp3) is 0.136. The van der Waals surface area contributed by atoms with Crippen LogP contribution in [0.4, 0.5) is 5.69 Å². The number of ether oxygens (including phenoxy) is 2. The van der Waals surface area contributed by atoms with E-state index in [1.165, 1.54) is 14.2 Å². The Bertz CT molecular complexity index is 982. The van der Waals surface area contributed by atoms with Crippen molar-refractivity contribution >= 4 is 29.6 Å². The van der Waals surface area contributed by atoms with E-state index in [-0.39, 0.29) is 11.6 Å². The summed E-state index contributed by atoms with van der Waals surface area (Å²) in [6.45, 7) is 0. The van der Waals surface area contributed by atoms with Crippen molar-refractivity contribution in [2.45, 2.75) is 6.17 Å². The summed E-state index contributed by atoms with van der Waals surface area (Å²) >= 11 is 0. The van der Waals surface area contributed by atoms with Crippen LogP contribution in [-0.4, -0.2) is 38.2 Å². The summed E-state index contributed by atoms with van der Waals surface area (Å²) in [6.07, 6.45) is 3.89. The van der Waals surface area contributed by atoms with Gasteiger partial charge in [0.1, 0.15) is 11.9 Å². The summed E-state index contributed by atoms with van der Waals surface area (Å²) in [6, 6.07) is 16.0. The van der Waals surface area contributed by atoms with Gasteiger partial charge in [-0.1, -0.05) is 42.5 Å². The van der Waals surface area contributed by atoms with E-state index in [0.29, 0.717) is 11.3 Å². The molecular formula is C22H20N2O5. The zero-order valence-electron chi connectivity index (χ0n) is 16.0. The molecule has 0 bridgehead atoms. The molecule has 1 aliphatic rings. The third-order valence-corrected chi connectivity index (χ3v) is 4.36. The molecule has 1 aliphatic heterocycles. The number of carbonyl (C=O) groups is 3. The number of benzene rings is 2. The summed E-state index contributed by atoms with van der Waals surface area (Å²) in [5.41, 5.74) is 1.86. The van der Waals surface area contributed by atoms with Gasteiger partial charge in [-0.15, -0.1) is 0 Å². The Hall–Kier alpha value is -3.87. The van der Waals surface area contributed by atoms with E-state index < -0.39 is 18.1 Å². The smallest absolute Gasteiger partial charge is 0.355 e. The van der Waals surface area contributed by atoms with Crippen molar-refractivity contribution in [2.75, 3.05) is 19.1 Å². The van der Waals surface area contributed by atoms with Crippen LogP contribution in [0, 0.1) is 0 Å². The average Bonchev–Trinajstić information content (AvgIpc) is 2.77. The molecule has 1 amide bonds. The molecule has 148 valence electrons. The van der Waals surface area contributed by atoms with Gasteiger partial charge in [0.15, 0.2) is 0 Å². The fourth-order valence-corrected chi connectivity index (χ4v) is 2.98. The van der Waals surface area contributed by atoms with E-state index in [1.807, 2.05) is 24.3 Å². The van der Waals surface area contributed by atoms with Gasteiger partial charge in [0, 0.05) is 5.56 Å². The molecule has 0 saturated heterocycles. The number of fused-ring (bicyclic) bond motifs is 1. The van der Waals surface area contributed by atoms with E-state index in [9.17, 15) is 14.4 Å². The number of nitrogens with zero attached hydrogens (tertiary/aromatic N) is 1. The molecule has 7 nitrogen and oxygen atoms in total. The molecule has 0 saturated carbocycles. The second kappa shape index (κ2) is 8.88. The van der Waals surface area contributed by atoms with E-state index in [4.69, 9.17) is 4.74 Å². The van der Waals surface area contributed by atoms with Crippen molar-refractivity contribution in [2.24, 2.45) is 0 Å². The number of methoxy groups -OCH3 is 2. The fourth-order valence-electron chi connectivity index (χ4n) is 2.98. The highest BCUT2D eigenvalue weighted by atomic mass is 16.5. The van der Waals surface area contributed by atoms with Gasteiger partial charge < -0.3 is 19.7 Å². The molecule has 1 atom stereocenters. The SMILES string of the molecule is COC(=O)/C=C(\C(=O)OC)N1c2ccccc2C=CC1NC(=O)c1ccccc1. The number of para-hydroxylation sites is 1. The van der Waals surface area contributed by atoms with Crippen molar-refractivity contribution in [3.8, 4) is 0 Å². The Morgan fingerprint density at radius 1 is 0.966 bits per heavy atom. The minimum absolute atomic E-state index is 0.0606. The highest BCUT2D eigenvalue weighted by molar-refractivity contribution is 6.01. The molecule has 7 heteroatoms. The lowest BCUT2D eigenvalue weighted by Crippen LogP contribution is -2.49. The van der Waals surface area contributed by atoms with Crippen molar-refractivity contribution < 1.29 is 23.9 Å². The molecule has 1 N–H and O–H groups in total. The van der Waals surface area contributed by atoms with Crippen molar-refractivity contribution in [1.29, 1.82) is 0 Å². The van der Waals surface area contributed by atoms with Gasteiger partial charge in [0.05, 0.1) is 26.0 Å². The van der Waals surface area contributed by atoms with Crippen LogP contribution >= 0.6 is 0 Å². The van der Waals surface area contributed by atoms with E-state index >= 15 is 0 Å². The Morgan fingerprint density at radius 3 is 2.34 bits per heavy atom. The zero-order valence-corrected chi connectivity index (χ0v) is 16.0. The number of carbonyl (C=O) groups excluding carboxylic acids is 3. The number of anilines is 1. The van der Waals surface area contributed by atoms with Gasteiger partial charge in [-0.25, -0.2) is 9.59 Å². The van der Waals surface area contributed by atoms with Crippen molar-refractivity contribution in [3.63, 3.8) is 0 Å². The predicted molar refractivity (Wildman–Crippen MR) is 108 cm³/mol. The highest BCUT2D eigenvalue weighted by Crippen LogP contribution is 2.32. The predicted octanol–water partition coefficient (Wildman–Crippen LogP) is 2.51. The van der Waals surface area contributed by atoms with Crippen molar-refractivity contribution in [3.05, 3.63) is 83.6 Å². The second-order valence-corrected chi connectivity index (χ2v) is 6.12. The largest absolute Gasteiger partial charge is 0.466 e. The summed E-state index contributed by atoms with van der Waals surface area (Å²) < 4.78 is 9.56. The van der Waals surface area contributed by atoms with Crippen LogP contribution in [0.5, 0.6) is 0 Å². The Morgan fingerprint density at radius 2 is 1.66 bits per heavy atom. The number of hydrogen-bond acceptors (Lipinski definition) is 6. The molecule has 29 heavy (non-hydrogen) atoms. The minimum atomic E-state index is -0.737. The minimum Gasteiger partial charge on any atom is -0.466 e. The van der Waals surface area contributed by atoms with E-state index in [0.717, 1.165) is 11.6 Å². The maximum atomic E-state index is 12.7. The maximum absolute atomic E-state index is 12.7. The topological polar surface area (TPSA) is 84.9 Å². The second-order valence-electron chi connectivity index (χ2n) is 6.12. The van der Waals surface area contributed by atoms with Crippen LogP contribution in [0.3, 0.4) is 0 Å². The van der Waals surface area contributed by atoms with Gasteiger partial charge >= 0.3 is 11.9 Å². The van der Waals surface area contributed by atoms with Crippen LogP contribution in [0.2, 0.25) is 0 Å². The molecule has 0 aliphatic carbocycles. The van der Waals surface area contributed by atoms with Crippen LogP contribution in [-0.2, 0) is 19.1 Å². The molecule has 2 aromatic carbocycles. The summed E-state index contributed by atoms with van der Waals surface area (Å²) in [5.74, 6) is -1.78. The molecular weight excluding hydrogens is 372 g/mol. The number of hydrogen-bond donors (Lipinski definition) is 1. The Kier molecular flexibility index (Phi) is 6.09. The number of esters is 2. The highest BCUT2D eigenvalue weighted by Gasteiger charge is 2.31. The summed E-state index contributed by atoms with van der Waals surface area (Å²) in [5, 5.41) is 2.88. The normalized spacial score (nSPS) is 15.3. The van der Waals surface area contributed by atoms with Crippen LogP contribution in [0.15, 0.2) is 72.4 Å². The quantitative estimate of drug-likeness (QED) is 0.622. The summed E-state index contributed by atoms with van der Waals surface area (Å²) in [4.78, 5) is 38.7. The number of nitrogens with one attached hydrogen (secondary N) is 1. The van der Waals surface area contributed by atoms with E-state index in [1.54, 1.807) is 47.4 Å². The van der Waals surface area contributed by atoms with Crippen LogP contribution in [0.25, 0.3) is 6.08 Å². The van der Waals surface area contributed by atoms with Crippen molar-refractivity contribution in [1.82, 2.24) is 5.32 Å². The van der Waals surface area contributed by atoms with E-state index in [2.05, 4.69) is 10.1 Å². The Labute approximate surface area is 168 Å². The van der Waals surface area contributed by atoms with Crippen LogP contribution < -0.4 is 10.2 Å². The Balaban J connectivity index is 2.05. The number of rotatable bonds is 5. The first-order valence-corrected chi connectivity index (χ1v) is 8.85. The first-order chi connectivity index (χ1) is 14.0. The molecule has 0 aromatic heterocycles. The zero-order chi connectivity index (χ0) is 20.8. The van der Waals surface area contributed by atoms with Gasteiger partial charge in [-0.3, -0.25) is 4.79 Å². The third kappa shape index (κ3) is 4.35. The summed E-state index contributed by atoms with van der Waals surface area (Å²) in [7, 11) is 2.43. The first-order valence-electron chi connectivity index (χ1n) is 8.85. The average molecular weight is 392 g/mol. The first kappa shape index (κ1) is 19.9. The van der Waals surface area contributed by atoms with Crippen LogP contribution in [0.1, 0.15) is 15.9 Å². The molecule has 1 unspecified atom stereocenters. The molecule has 0 radical (unpaired) electrons.